The van der Waals surface area contributed by atoms with E-state index in [0.29, 0.717) is 4.57 Å². The van der Waals surface area contributed by atoms with Crippen LogP contribution in [0, 0.1) is 0 Å². The molecule has 0 bridgehead atoms. The number of methoxy groups -OCH3 is 1. The molecule has 2 aromatic rings. The fraction of sp³-hybridized carbons (Fsp3) is 0.500. The molecule has 37 heavy (non-hydrogen) atoms. The topological polar surface area (TPSA) is 158 Å². The van der Waals surface area contributed by atoms with E-state index in [2.05, 4.69) is 5.09 Å². The first-order valence-corrected chi connectivity index (χ1v) is 13.0. The second kappa shape index (κ2) is 12.3. The van der Waals surface area contributed by atoms with Gasteiger partial charge in [-0.25, -0.2) is 13.8 Å². The van der Waals surface area contributed by atoms with Gasteiger partial charge in [-0.3, -0.25) is 23.7 Å². The van der Waals surface area contributed by atoms with Crippen LogP contribution in [0.3, 0.4) is 0 Å². The number of aliphatic hydroxyl groups is 1. The van der Waals surface area contributed by atoms with Crippen LogP contribution in [0.5, 0.6) is 5.75 Å². The average Bonchev–Trinajstić information content (AvgIpc) is 2.82. The molecule has 0 aliphatic heterocycles. The van der Waals surface area contributed by atoms with E-state index >= 15 is 4.39 Å². The molecular weight excluding hydrogens is 536 g/mol. The second-order valence-corrected chi connectivity index (χ2v) is 10.9. The number of ether oxygens (including phenoxy) is 2. The number of esters is 1. The maximum absolute atomic E-state index is 15.9. The summed E-state index contributed by atoms with van der Waals surface area (Å²) < 4.78 is 50.7. The zero-order chi connectivity index (χ0) is 28.0. The Labute approximate surface area is 217 Å². The zero-order valence-electron chi connectivity index (χ0n) is 20.8. The van der Waals surface area contributed by atoms with Crippen LogP contribution < -0.4 is 20.9 Å². The van der Waals surface area contributed by atoms with Crippen molar-refractivity contribution in [3.05, 3.63) is 63.4 Å². The molecule has 0 amide bonds. The molecule has 0 radical (unpaired) electrons. The van der Waals surface area contributed by atoms with Crippen molar-refractivity contribution in [3.8, 4) is 5.75 Å². The third-order valence-electron chi connectivity index (χ3n) is 5.00. The van der Waals surface area contributed by atoms with Gasteiger partial charge in [-0.1, -0.05) is 29.8 Å². The van der Waals surface area contributed by atoms with Gasteiger partial charge in [-0.2, -0.15) is 5.09 Å². The Bertz CT molecular complexity index is 1220. The van der Waals surface area contributed by atoms with Gasteiger partial charge in [0.05, 0.1) is 6.10 Å². The lowest BCUT2D eigenvalue weighted by atomic mass is 10.0. The molecule has 15 heteroatoms. The van der Waals surface area contributed by atoms with Gasteiger partial charge in [-0.15, -0.1) is 0 Å². The average molecular weight is 566 g/mol. The Morgan fingerprint density at radius 2 is 1.86 bits per heavy atom. The molecule has 12 nitrogen and oxygen atoms in total. The summed E-state index contributed by atoms with van der Waals surface area (Å²) in [6, 6.07) is 7.45. The number of hydrogen-bond acceptors (Lipinski definition) is 9. The van der Waals surface area contributed by atoms with Crippen molar-refractivity contribution < 1.29 is 37.4 Å². The lowest BCUT2D eigenvalue weighted by Crippen LogP contribution is -2.57. The quantitative estimate of drug-likeness (QED) is 0.187. The predicted octanol–water partition coefficient (Wildman–Crippen LogP) is 2.25. The Morgan fingerprint density at radius 3 is 2.41 bits per heavy atom. The van der Waals surface area contributed by atoms with E-state index in [9.17, 15) is 24.1 Å². The molecule has 206 valence electrons. The van der Waals surface area contributed by atoms with Crippen molar-refractivity contribution in [2.45, 2.75) is 56.8 Å². The summed E-state index contributed by atoms with van der Waals surface area (Å²) in [6.45, 7) is 4.44. The fourth-order valence-corrected chi connectivity index (χ4v) is 4.84. The van der Waals surface area contributed by atoms with Gasteiger partial charge in [0.25, 0.3) is 11.4 Å². The van der Waals surface area contributed by atoms with E-state index in [1.807, 2.05) is 4.98 Å². The summed E-state index contributed by atoms with van der Waals surface area (Å²) >= 11 is 6.33. The molecule has 1 aromatic carbocycles. The number of carbonyl (C=O) groups is 1. The molecule has 5 atom stereocenters. The maximum atomic E-state index is 15.9. The summed E-state index contributed by atoms with van der Waals surface area (Å²) in [5, 5.41) is 13.2. The number of aromatic nitrogens is 2. The summed E-state index contributed by atoms with van der Waals surface area (Å²) in [5.74, 6) is -3.88. The van der Waals surface area contributed by atoms with Gasteiger partial charge in [0.1, 0.15) is 18.4 Å². The third kappa shape index (κ3) is 7.97. The van der Waals surface area contributed by atoms with Gasteiger partial charge < -0.3 is 19.1 Å². The molecule has 0 spiro atoms. The van der Waals surface area contributed by atoms with Crippen molar-refractivity contribution in [1.82, 2.24) is 14.6 Å². The van der Waals surface area contributed by atoms with E-state index in [1.54, 1.807) is 32.0 Å². The number of alkyl halides is 2. The van der Waals surface area contributed by atoms with Crippen LogP contribution in [0.15, 0.2) is 52.2 Å². The number of rotatable bonds is 13. The summed E-state index contributed by atoms with van der Waals surface area (Å²) in [6.07, 6.45) is -1.82. The lowest BCUT2D eigenvalue weighted by molar-refractivity contribution is -0.223. The van der Waals surface area contributed by atoms with E-state index in [1.165, 1.54) is 19.1 Å². The van der Waals surface area contributed by atoms with Gasteiger partial charge in [0, 0.05) is 19.4 Å². The minimum Gasteiger partial charge on any atom is -0.462 e. The van der Waals surface area contributed by atoms with Crippen molar-refractivity contribution in [2.75, 3.05) is 13.7 Å². The number of aliphatic hydroxyl groups excluding tert-OH is 1. The van der Waals surface area contributed by atoms with Gasteiger partial charge in [-0.05, 0) is 39.8 Å². The summed E-state index contributed by atoms with van der Waals surface area (Å²) in [7, 11) is -3.64. The molecule has 1 heterocycles. The number of aromatic amines is 1. The summed E-state index contributed by atoms with van der Waals surface area (Å²) in [4.78, 5) is 35.6. The summed E-state index contributed by atoms with van der Waals surface area (Å²) in [5.41, 5.74) is -1.76. The monoisotopic (exact) mass is 565 g/mol. The standard InChI is InChI=1S/C22H30ClFN3O9P/c1-14(2)35-18(29)15(3)26-37(32,36-16-9-7-6-8-10-16)34-13-22(24,33-5)19(30)21(4,23)27-12-11-17(28)25-20(27)31/h6-12,14-15,19,30H,13H2,1-5H3,(H,26,32)(H,25,28,31)/t15?,19-,21-,22+,37?/m0/s1. The molecule has 1 aromatic heterocycles. The lowest BCUT2D eigenvalue weighted by Gasteiger charge is -2.38. The number of benzene rings is 1. The third-order valence-corrected chi connectivity index (χ3v) is 7.01. The minimum absolute atomic E-state index is 0.0622. The van der Waals surface area contributed by atoms with Gasteiger partial charge in [0.2, 0.25) is 0 Å². The highest BCUT2D eigenvalue weighted by atomic mass is 35.5. The molecule has 0 aliphatic rings. The molecular formula is C22H30ClFN3O9P. The first-order chi connectivity index (χ1) is 17.1. The molecule has 0 saturated carbocycles. The first-order valence-electron chi connectivity index (χ1n) is 11.0. The number of carbonyl (C=O) groups excluding carboxylic acids is 1. The van der Waals surface area contributed by atoms with Crippen molar-refractivity contribution in [3.63, 3.8) is 0 Å². The van der Waals surface area contributed by atoms with Crippen molar-refractivity contribution in [1.29, 1.82) is 0 Å². The smallest absolute Gasteiger partial charge is 0.459 e. The molecule has 2 rings (SSSR count). The normalized spacial score (nSPS) is 18.2. The van der Waals surface area contributed by atoms with E-state index in [4.69, 9.17) is 30.1 Å². The van der Waals surface area contributed by atoms with Crippen LogP contribution in [-0.2, 0) is 28.4 Å². The molecule has 3 N–H and O–H groups in total. The predicted molar refractivity (Wildman–Crippen MR) is 132 cm³/mol. The Kier molecular flexibility index (Phi) is 10.2. The first kappa shape index (κ1) is 30.7. The van der Waals surface area contributed by atoms with Crippen LogP contribution in [0.25, 0.3) is 0 Å². The highest BCUT2D eigenvalue weighted by molar-refractivity contribution is 7.52. The molecule has 0 saturated heterocycles. The van der Waals surface area contributed by atoms with Gasteiger partial charge in [0.15, 0.2) is 11.1 Å². The highest BCUT2D eigenvalue weighted by Gasteiger charge is 2.52. The van der Waals surface area contributed by atoms with Gasteiger partial charge >= 0.3 is 19.4 Å². The molecule has 2 unspecified atom stereocenters. The van der Waals surface area contributed by atoms with Crippen LogP contribution in [0.2, 0.25) is 0 Å². The number of hydrogen-bond donors (Lipinski definition) is 3. The SMILES string of the molecule is CO[C@](F)(COP(=O)(NC(C)C(=O)OC(C)C)Oc1ccccc1)[C@@H](O)[C@@](C)(Cl)n1ccc(=O)[nH]c1=O. The highest BCUT2D eigenvalue weighted by Crippen LogP contribution is 2.47. The van der Waals surface area contributed by atoms with E-state index < -0.39 is 60.7 Å². The number of nitrogens with zero attached hydrogens (tertiary/aromatic N) is 1. The van der Waals surface area contributed by atoms with Crippen molar-refractivity contribution >= 4 is 25.3 Å². The zero-order valence-corrected chi connectivity index (χ0v) is 22.5. The molecule has 0 fully saturated rings. The fourth-order valence-electron chi connectivity index (χ4n) is 3.04. The Balaban J connectivity index is 2.34. The largest absolute Gasteiger partial charge is 0.462 e. The Hall–Kier alpha value is -2.54. The van der Waals surface area contributed by atoms with E-state index in [0.717, 1.165) is 26.3 Å². The number of halogens is 2. The second-order valence-electron chi connectivity index (χ2n) is 8.41. The maximum Gasteiger partial charge on any atom is 0.459 e. The van der Waals surface area contributed by atoms with Crippen LogP contribution >= 0.6 is 19.3 Å². The van der Waals surface area contributed by atoms with Crippen LogP contribution in [0.4, 0.5) is 4.39 Å². The van der Waals surface area contributed by atoms with E-state index in [-0.39, 0.29) is 5.75 Å². The number of para-hydroxylation sites is 1. The number of nitrogens with one attached hydrogen (secondary N) is 2. The van der Waals surface area contributed by atoms with Crippen LogP contribution in [-0.4, -0.2) is 58.4 Å². The van der Waals surface area contributed by atoms with Crippen molar-refractivity contribution in [2.24, 2.45) is 0 Å². The molecule has 0 aliphatic carbocycles. The minimum atomic E-state index is -4.53. The Morgan fingerprint density at radius 1 is 1.24 bits per heavy atom. The van der Waals surface area contributed by atoms with Crippen LogP contribution in [0.1, 0.15) is 27.7 Å². The number of H-pyrrole nitrogens is 1.